The van der Waals surface area contributed by atoms with E-state index in [9.17, 15) is 9.18 Å². The number of hydrogen-bond acceptors (Lipinski definition) is 3. The van der Waals surface area contributed by atoms with Crippen molar-refractivity contribution in [3.8, 4) is 11.5 Å². The van der Waals surface area contributed by atoms with Crippen LogP contribution in [0.25, 0.3) is 0 Å². The zero-order valence-electron chi connectivity index (χ0n) is 13.8. The van der Waals surface area contributed by atoms with Crippen molar-refractivity contribution in [3.63, 3.8) is 0 Å². The van der Waals surface area contributed by atoms with E-state index in [0.29, 0.717) is 19.6 Å². The van der Waals surface area contributed by atoms with E-state index in [1.807, 2.05) is 23.5 Å². The molecule has 0 spiro atoms. The molecule has 2 aromatic carbocycles. The van der Waals surface area contributed by atoms with Crippen molar-refractivity contribution in [1.82, 2.24) is 5.32 Å². The van der Waals surface area contributed by atoms with Gasteiger partial charge >= 0.3 is 0 Å². The summed E-state index contributed by atoms with van der Waals surface area (Å²) in [6.07, 6.45) is 0. The largest absolute Gasteiger partial charge is 0.497 e. The number of ether oxygens (including phenoxy) is 2. The van der Waals surface area contributed by atoms with Gasteiger partial charge in [-0.25, -0.2) is 4.39 Å². The molecule has 24 heavy (non-hydrogen) atoms. The summed E-state index contributed by atoms with van der Waals surface area (Å²) >= 11 is 0. The van der Waals surface area contributed by atoms with Crippen molar-refractivity contribution in [2.45, 2.75) is 6.54 Å². The number of carbonyl (C=O) groups is 1. The van der Waals surface area contributed by atoms with Crippen molar-refractivity contribution in [1.29, 1.82) is 0 Å². The Balaban J connectivity index is 1.79. The van der Waals surface area contributed by atoms with Gasteiger partial charge in [0, 0.05) is 0 Å². The number of quaternary nitrogens is 1. The van der Waals surface area contributed by atoms with Crippen LogP contribution < -0.4 is 20.1 Å². The first-order valence-corrected chi connectivity index (χ1v) is 7.71. The third-order valence-corrected chi connectivity index (χ3v) is 3.60. The fraction of sp³-hybridized carbons (Fsp3) is 0.278. The van der Waals surface area contributed by atoms with Crippen LogP contribution in [-0.4, -0.2) is 33.2 Å². The van der Waals surface area contributed by atoms with Crippen LogP contribution in [0.2, 0.25) is 0 Å². The van der Waals surface area contributed by atoms with Crippen molar-refractivity contribution in [2.24, 2.45) is 0 Å². The Labute approximate surface area is 140 Å². The maximum atomic E-state index is 13.5. The smallest absolute Gasteiger partial charge is 0.254 e. The van der Waals surface area contributed by atoms with E-state index in [0.717, 1.165) is 17.1 Å². The minimum absolute atomic E-state index is 0.0620. The second-order valence-corrected chi connectivity index (χ2v) is 5.19. The van der Waals surface area contributed by atoms with E-state index in [1.165, 1.54) is 12.1 Å². The summed E-state index contributed by atoms with van der Waals surface area (Å²) in [5.74, 6) is 0.648. The highest BCUT2D eigenvalue weighted by Gasteiger charge is 2.10. The van der Waals surface area contributed by atoms with E-state index >= 15 is 0 Å². The number of nitrogens with two attached hydrogens (primary N) is 1. The molecule has 0 aliphatic carbocycles. The summed E-state index contributed by atoms with van der Waals surface area (Å²) in [4.78, 5) is 11.9. The SMILES string of the molecule is COc1ccc(OC)c(C[NH2+]CCNC(=O)c2ccccc2F)c1. The lowest BCUT2D eigenvalue weighted by Gasteiger charge is -2.10. The first kappa shape index (κ1) is 17.7. The van der Waals surface area contributed by atoms with Crippen LogP contribution in [0.1, 0.15) is 15.9 Å². The molecule has 0 saturated heterocycles. The monoisotopic (exact) mass is 333 g/mol. The lowest BCUT2D eigenvalue weighted by molar-refractivity contribution is -0.668. The number of rotatable bonds is 8. The number of hydrogen-bond donors (Lipinski definition) is 2. The van der Waals surface area contributed by atoms with Crippen LogP contribution in [0.4, 0.5) is 4.39 Å². The van der Waals surface area contributed by atoms with E-state index in [4.69, 9.17) is 9.47 Å². The van der Waals surface area contributed by atoms with Gasteiger partial charge in [-0.15, -0.1) is 0 Å². The second kappa shape index (κ2) is 8.88. The Morgan fingerprint density at radius 1 is 1.17 bits per heavy atom. The van der Waals surface area contributed by atoms with E-state index in [-0.39, 0.29) is 5.56 Å². The lowest BCUT2D eigenvalue weighted by atomic mass is 10.2. The Bertz CT molecular complexity index is 692. The minimum Gasteiger partial charge on any atom is -0.497 e. The maximum Gasteiger partial charge on any atom is 0.254 e. The van der Waals surface area contributed by atoms with Crippen LogP contribution >= 0.6 is 0 Å². The van der Waals surface area contributed by atoms with Gasteiger partial charge in [-0.1, -0.05) is 12.1 Å². The van der Waals surface area contributed by atoms with Crippen molar-refractivity contribution >= 4 is 5.91 Å². The van der Waals surface area contributed by atoms with Crippen LogP contribution in [0.5, 0.6) is 11.5 Å². The molecule has 2 aromatic rings. The number of amides is 1. The van der Waals surface area contributed by atoms with Crippen LogP contribution in [-0.2, 0) is 6.54 Å². The maximum absolute atomic E-state index is 13.5. The highest BCUT2D eigenvalue weighted by Crippen LogP contribution is 2.22. The number of halogens is 1. The highest BCUT2D eigenvalue weighted by molar-refractivity contribution is 5.94. The number of methoxy groups -OCH3 is 2. The molecule has 0 heterocycles. The average Bonchev–Trinajstić information content (AvgIpc) is 2.61. The Morgan fingerprint density at radius 3 is 2.67 bits per heavy atom. The molecule has 0 saturated carbocycles. The Morgan fingerprint density at radius 2 is 1.96 bits per heavy atom. The summed E-state index contributed by atoms with van der Waals surface area (Å²) in [6.45, 7) is 1.80. The van der Waals surface area contributed by atoms with E-state index in [2.05, 4.69) is 5.32 Å². The molecule has 1 amide bonds. The van der Waals surface area contributed by atoms with Gasteiger partial charge in [0.15, 0.2) is 0 Å². The number of benzene rings is 2. The predicted molar refractivity (Wildman–Crippen MR) is 88.8 cm³/mol. The Hall–Kier alpha value is -2.60. The summed E-state index contributed by atoms with van der Waals surface area (Å²) in [6, 6.07) is 11.6. The molecule has 0 fully saturated rings. The molecule has 0 radical (unpaired) electrons. The molecule has 6 heteroatoms. The van der Waals surface area contributed by atoms with E-state index < -0.39 is 11.7 Å². The first-order valence-electron chi connectivity index (χ1n) is 7.71. The summed E-state index contributed by atoms with van der Waals surface area (Å²) < 4.78 is 24.0. The molecular formula is C18H22FN2O3+. The standard InChI is InChI=1S/C18H21FN2O3/c1-23-14-7-8-17(24-2)13(11-14)12-20-9-10-21-18(22)15-5-3-4-6-16(15)19/h3-8,11,20H,9-10,12H2,1-2H3,(H,21,22)/p+1. The Kier molecular flexibility index (Phi) is 6.57. The molecule has 5 nitrogen and oxygen atoms in total. The van der Waals surface area contributed by atoms with Gasteiger partial charge in [-0.2, -0.15) is 0 Å². The van der Waals surface area contributed by atoms with Crippen molar-refractivity contribution in [2.75, 3.05) is 27.3 Å². The lowest BCUT2D eigenvalue weighted by Crippen LogP contribution is -2.84. The molecule has 0 unspecified atom stereocenters. The third kappa shape index (κ3) is 4.70. The molecule has 3 N–H and O–H groups in total. The number of carbonyl (C=O) groups excluding carboxylic acids is 1. The summed E-state index contributed by atoms with van der Waals surface area (Å²) in [5, 5.41) is 4.75. The van der Waals surface area contributed by atoms with Gasteiger partial charge in [0.25, 0.3) is 5.91 Å². The zero-order chi connectivity index (χ0) is 17.4. The fourth-order valence-corrected chi connectivity index (χ4v) is 2.33. The van der Waals surface area contributed by atoms with Crippen molar-refractivity contribution in [3.05, 3.63) is 59.4 Å². The van der Waals surface area contributed by atoms with E-state index in [1.54, 1.807) is 26.4 Å². The molecular weight excluding hydrogens is 311 g/mol. The summed E-state index contributed by atoms with van der Waals surface area (Å²) in [7, 11) is 3.24. The predicted octanol–water partition coefficient (Wildman–Crippen LogP) is 1.34. The topological polar surface area (TPSA) is 64.2 Å². The molecule has 0 aliphatic rings. The fourth-order valence-electron chi connectivity index (χ4n) is 2.33. The van der Waals surface area contributed by atoms with Crippen LogP contribution in [0.15, 0.2) is 42.5 Å². The molecule has 0 aromatic heterocycles. The molecule has 2 rings (SSSR count). The van der Waals surface area contributed by atoms with Gasteiger partial charge in [0.1, 0.15) is 23.9 Å². The zero-order valence-corrected chi connectivity index (χ0v) is 13.8. The van der Waals surface area contributed by atoms with Gasteiger partial charge in [0.2, 0.25) is 0 Å². The molecule has 0 aliphatic heterocycles. The molecule has 0 atom stereocenters. The molecule has 0 bridgehead atoms. The normalized spacial score (nSPS) is 10.3. The highest BCUT2D eigenvalue weighted by atomic mass is 19.1. The third-order valence-electron chi connectivity index (χ3n) is 3.60. The first-order chi connectivity index (χ1) is 11.7. The molecule has 128 valence electrons. The minimum atomic E-state index is -0.514. The van der Waals surface area contributed by atoms with Crippen molar-refractivity contribution < 1.29 is 24.0 Å². The second-order valence-electron chi connectivity index (χ2n) is 5.19. The van der Waals surface area contributed by atoms with Gasteiger partial charge < -0.3 is 20.1 Å². The average molecular weight is 333 g/mol. The summed E-state index contributed by atoms with van der Waals surface area (Å²) in [5.41, 5.74) is 1.07. The van der Waals surface area contributed by atoms with Gasteiger partial charge in [-0.3, -0.25) is 4.79 Å². The quantitative estimate of drug-likeness (QED) is 0.717. The number of nitrogens with one attached hydrogen (secondary N) is 1. The van der Waals surface area contributed by atoms with Crippen LogP contribution in [0.3, 0.4) is 0 Å². The van der Waals surface area contributed by atoms with Gasteiger partial charge in [-0.05, 0) is 30.3 Å². The van der Waals surface area contributed by atoms with Gasteiger partial charge in [0.05, 0.1) is 38.4 Å². The van der Waals surface area contributed by atoms with Crippen LogP contribution in [0, 0.1) is 5.82 Å².